The Morgan fingerprint density at radius 3 is 2.35 bits per heavy atom. The van der Waals surface area contributed by atoms with Gasteiger partial charge in [0.2, 0.25) is 5.91 Å². The number of carbonyl (C=O) groups is 1. The lowest BCUT2D eigenvalue weighted by molar-refractivity contribution is -0.129. The van der Waals surface area contributed by atoms with Crippen molar-refractivity contribution in [1.29, 1.82) is 0 Å². The Balaban J connectivity index is 1.31. The third-order valence-corrected chi connectivity index (χ3v) is 7.88. The van der Waals surface area contributed by atoms with Crippen LogP contribution in [0.4, 0.5) is 5.69 Å². The summed E-state index contributed by atoms with van der Waals surface area (Å²) < 4.78 is 7.31. The van der Waals surface area contributed by atoms with Gasteiger partial charge in [0.25, 0.3) is 5.56 Å². The molecule has 2 aliphatic rings. The number of hydrogen-bond donors (Lipinski definition) is 0. The molecule has 4 aromatic rings. The van der Waals surface area contributed by atoms with Crippen molar-refractivity contribution in [3.8, 4) is 0 Å². The van der Waals surface area contributed by atoms with Crippen LogP contribution in [0.3, 0.4) is 0 Å². The third-order valence-electron chi connectivity index (χ3n) is 7.88. The Bertz CT molecular complexity index is 1500. The SMILES string of the molecule is CC(=O)N1CCN(c2ccc(Cc3cc4c(=O)n(C5CCOCC5)cnc4c4ccccc34)cc2)CC1. The maximum atomic E-state index is 13.6. The van der Waals surface area contributed by atoms with Crippen molar-refractivity contribution in [2.75, 3.05) is 44.3 Å². The van der Waals surface area contributed by atoms with E-state index in [1.54, 1.807) is 13.3 Å². The summed E-state index contributed by atoms with van der Waals surface area (Å²) in [6.45, 7) is 6.22. The van der Waals surface area contributed by atoms with Gasteiger partial charge in [0.15, 0.2) is 0 Å². The molecule has 2 saturated heterocycles. The summed E-state index contributed by atoms with van der Waals surface area (Å²) in [7, 11) is 0. The molecular weight excluding hydrogens is 464 g/mol. The van der Waals surface area contributed by atoms with Gasteiger partial charge >= 0.3 is 0 Å². The molecular formula is C30H32N4O3. The van der Waals surface area contributed by atoms with Crippen LogP contribution in [-0.2, 0) is 16.0 Å². The van der Waals surface area contributed by atoms with Crippen LogP contribution in [-0.4, -0.2) is 59.8 Å². The number of rotatable bonds is 4. The van der Waals surface area contributed by atoms with E-state index in [1.807, 2.05) is 21.6 Å². The first-order valence-corrected chi connectivity index (χ1v) is 13.2. The molecule has 2 aliphatic heterocycles. The van der Waals surface area contributed by atoms with E-state index < -0.39 is 0 Å². The van der Waals surface area contributed by atoms with Crippen molar-refractivity contribution in [3.63, 3.8) is 0 Å². The highest BCUT2D eigenvalue weighted by molar-refractivity contribution is 6.06. The molecule has 0 radical (unpaired) electrons. The topological polar surface area (TPSA) is 67.7 Å². The first-order valence-electron chi connectivity index (χ1n) is 13.2. The van der Waals surface area contributed by atoms with Crippen LogP contribution in [0.5, 0.6) is 0 Å². The summed E-state index contributed by atoms with van der Waals surface area (Å²) in [6.07, 6.45) is 4.13. The predicted molar refractivity (Wildman–Crippen MR) is 146 cm³/mol. The summed E-state index contributed by atoms with van der Waals surface area (Å²) in [5, 5.41) is 2.84. The molecule has 6 rings (SSSR count). The van der Waals surface area contributed by atoms with Gasteiger partial charge < -0.3 is 14.5 Å². The van der Waals surface area contributed by atoms with Gasteiger partial charge in [0, 0.05) is 63.4 Å². The van der Waals surface area contributed by atoms with Gasteiger partial charge in [-0.15, -0.1) is 0 Å². The zero-order valence-electron chi connectivity index (χ0n) is 21.2. The molecule has 0 unspecified atom stereocenters. The standard InChI is InChI=1S/C30H32N4O3/c1-21(35)32-12-14-33(15-13-32)24-8-6-22(7-9-24)18-23-19-28-29(27-5-3-2-4-26(23)27)31-20-34(30(28)36)25-10-16-37-17-11-25/h2-9,19-20,25H,10-18H2,1H3. The smallest absolute Gasteiger partial charge is 0.261 e. The lowest BCUT2D eigenvalue weighted by Gasteiger charge is -2.35. The van der Waals surface area contributed by atoms with E-state index in [0.29, 0.717) is 18.6 Å². The van der Waals surface area contributed by atoms with E-state index in [2.05, 4.69) is 47.4 Å². The molecule has 3 aromatic carbocycles. The number of ether oxygens (including phenoxy) is 1. The molecule has 2 fully saturated rings. The van der Waals surface area contributed by atoms with Crippen molar-refractivity contribution in [2.45, 2.75) is 32.2 Å². The fourth-order valence-electron chi connectivity index (χ4n) is 5.74. The zero-order chi connectivity index (χ0) is 25.4. The van der Waals surface area contributed by atoms with Crippen LogP contribution in [0, 0.1) is 0 Å². The number of piperazine rings is 1. The van der Waals surface area contributed by atoms with Crippen LogP contribution in [0.1, 0.15) is 36.9 Å². The highest BCUT2D eigenvalue weighted by atomic mass is 16.5. The second kappa shape index (κ2) is 9.98. The number of hydrogen-bond acceptors (Lipinski definition) is 5. The number of nitrogens with zero attached hydrogens (tertiary/aromatic N) is 4. The largest absolute Gasteiger partial charge is 0.381 e. The molecule has 1 aromatic heterocycles. The van der Waals surface area contributed by atoms with Crippen molar-refractivity contribution in [2.24, 2.45) is 0 Å². The van der Waals surface area contributed by atoms with E-state index >= 15 is 0 Å². The minimum atomic E-state index is 0.0314. The molecule has 0 aliphatic carbocycles. The lowest BCUT2D eigenvalue weighted by Crippen LogP contribution is -2.48. The summed E-state index contributed by atoms with van der Waals surface area (Å²) >= 11 is 0. The molecule has 3 heterocycles. The third kappa shape index (κ3) is 4.60. The Morgan fingerprint density at radius 1 is 0.946 bits per heavy atom. The van der Waals surface area contributed by atoms with E-state index in [4.69, 9.17) is 9.72 Å². The van der Waals surface area contributed by atoms with Gasteiger partial charge in [-0.2, -0.15) is 0 Å². The van der Waals surface area contributed by atoms with Gasteiger partial charge in [-0.1, -0.05) is 36.4 Å². The maximum Gasteiger partial charge on any atom is 0.261 e. The summed E-state index contributed by atoms with van der Waals surface area (Å²) in [6, 6.07) is 19.1. The maximum absolute atomic E-state index is 13.6. The van der Waals surface area contributed by atoms with E-state index in [9.17, 15) is 9.59 Å². The quantitative estimate of drug-likeness (QED) is 0.397. The number of fused-ring (bicyclic) bond motifs is 3. The minimum absolute atomic E-state index is 0.0314. The van der Waals surface area contributed by atoms with E-state index in [1.165, 1.54) is 11.3 Å². The van der Waals surface area contributed by atoms with Crippen LogP contribution in [0.2, 0.25) is 0 Å². The molecule has 0 N–H and O–H groups in total. The molecule has 0 spiro atoms. The van der Waals surface area contributed by atoms with Crippen LogP contribution >= 0.6 is 0 Å². The number of carbonyl (C=O) groups excluding carboxylic acids is 1. The molecule has 7 nitrogen and oxygen atoms in total. The average molecular weight is 497 g/mol. The molecule has 37 heavy (non-hydrogen) atoms. The van der Waals surface area contributed by atoms with Crippen molar-refractivity contribution >= 4 is 33.3 Å². The number of benzene rings is 3. The van der Waals surface area contributed by atoms with Gasteiger partial charge in [-0.3, -0.25) is 14.2 Å². The van der Waals surface area contributed by atoms with Gasteiger partial charge in [0.05, 0.1) is 17.2 Å². The second-order valence-corrected chi connectivity index (χ2v) is 10.1. The highest BCUT2D eigenvalue weighted by Crippen LogP contribution is 2.29. The van der Waals surface area contributed by atoms with Crippen molar-refractivity contribution in [3.05, 3.63) is 82.4 Å². The number of amides is 1. The Morgan fingerprint density at radius 2 is 1.65 bits per heavy atom. The second-order valence-electron chi connectivity index (χ2n) is 10.1. The van der Waals surface area contributed by atoms with E-state index in [0.717, 1.165) is 67.3 Å². The monoisotopic (exact) mass is 496 g/mol. The Kier molecular flexibility index (Phi) is 6.38. The lowest BCUT2D eigenvalue weighted by atomic mass is 9.95. The Hall–Kier alpha value is -3.71. The first kappa shape index (κ1) is 23.7. The summed E-state index contributed by atoms with van der Waals surface area (Å²) in [4.78, 5) is 34.2. The van der Waals surface area contributed by atoms with Crippen LogP contribution in [0.25, 0.3) is 21.7 Å². The summed E-state index contributed by atoms with van der Waals surface area (Å²) in [5.41, 5.74) is 4.31. The molecule has 7 heteroatoms. The van der Waals surface area contributed by atoms with Crippen molar-refractivity contribution in [1.82, 2.24) is 14.5 Å². The van der Waals surface area contributed by atoms with Gasteiger partial charge in [-0.05, 0) is 54.0 Å². The number of anilines is 1. The summed E-state index contributed by atoms with van der Waals surface area (Å²) in [5.74, 6) is 0.146. The van der Waals surface area contributed by atoms with Crippen LogP contribution in [0.15, 0.2) is 65.7 Å². The predicted octanol–water partition coefficient (Wildman–Crippen LogP) is 4.16. The normalized spacial score (nSPS) is 17.0. The molecule has 1 amide bonds. The fraction of sp³-hybridized carbons (Fsp3) is 0.367. The van der Waals surface area contributed by atoms with Crippen molar-refractivity contribution < 1.29 is 9.53 Å². The minimum Gasteiger partial charge on any atom is -0.381 e. The fourth-order valence-corrected chi connectivity index (χ4v) is 5.74. The molecule has 0 bridgehead atoms. The first-order chi connectivity index (χ1) is 18.1. The van der Waals surface area contributed by atoms with Crippen LogP contribution < -0.4 is 10.5 Å². The zero-order valence-corrected chi connectivity index (χ0v) is 21.2. The number of aromatic nitrogens is 2. The molecule has 0 atom stereocenters. The average Bonchev–Trinajstić information content (AvgIpc) is 2.94. The highest BCUT2D eigenvalue weighted by Gasteiger charge is 2.20. The van der Waals surface area contributed by atoms with Gasteiger partial charge in [-0.25, -0.2) is 4.98 Å². The molecule has 190 valence electrons. The Labute approximate surface area is 216 Å². The van der Waals surface area contributed by atoms with Gasteiger partial charge in [0.1, 0.15) is 0 Å². The van der Waals surface area contributed by atoms with E-state index in [-0.39, 0.29) is 17.5 Å². The molecule has 0 saturated carbocycles.